The van der Waals surface area contributed by atoms with Gasteiger partial charge in [0.1, 0.15) is 0 Å². The van der Waals surface area contributed by atoms with E-state index >= 15 is 0 Å². The van der Waals surface area contributed by atoms with Crippen molar-refractivity contribution in [2.24, 2.45) is 0 Å². The van der Waals surface area contributed by atoms with E-state index in [-0.39, 0.29) is 6.04 Å². The van der Waals surface area contributed by atoms with Crippen LogP contribution in [0, 0.1) is 0 Å². The fourth-order valence-electron chi connectivity index (χ4n) is 2.27. The van der Waals surface area contributed by atoms with Gasteiger partial charge in [-0.15, -0.1) is 0 Å². The number of sulfone groups is 1. The van der Waals surface area contributed by atoms with Crippen LogP contribution < -0.4 is 5.32 Å². The molecule has 0 aliphatic carbocycles. The SMILES string of the molecule is CCCNC(c1ccccc1)c1ccc(S(C)(=O)=O)cc1. The van der Waals surface area contributed by atoms with Gasteiger partial charge in [-0.25, -0.2) is 8.42 Å². The van der Waals surface area contributed by atoms with Crippen LogP contribution in [0.25, 0.3) is 0 Å². The van der Waals surface area contributed by atoms with Crippen molar-refractivity contribution in [2.45, 2.75) is 24.3 Å². The lowest BCUT2D eigenvalue weighted by atomic mass is 9.99. The van der Waals surface area contributed by atoms with Gasteiger partial charge in [0.15, 0.2) is 9.84 Å². The minimum atomic E-state index is -3.15. The van der Waals surface area contributed by atoms with Gasteiger partial charge in [-0.1, -0.05) is 49.4 Å². The second-order valence-corrected chi connectivity index (χ2v) is 7.15. The predicted octanol–water partition coefficient (Wildman–Crippen LogP) is 3.18. The maximum Gasteiger partial charge on any atom is 0.175 e. The fraction of sp³-hybridized carbons (Fsp3) is 0.294. The van der Waals surface area contributed by atoms with E-state index < -0.39 is 9.84 Å². The molecule has 4 heteroatoms. The highest BCUT2D eigenvalue weighted by Crippen LogP contribution is 2.23. The summed E-state index contributed by atoms with van der Waals surface area (Å²) >= 11 is 0. The van der Waals surface area contributed by atoms with Gasteiger partial charge in [-0.05, 0) is 36.2 Å². The minimum Gasteiger partial charge on any atom is -0.306 e. The van der Waals surface area contributed by atoms with Crippen molar-refractivity contribution < 1.29 is 8.42 Å². The molecule has 0 amide bonds. The van der Waals surface area contributed by atoms with Crippen molar-refractivity contribution in [1.29, 1.82) is 0 Å². The van der Waals surface area contributed by atoms with E-state index in [4.69, 9.17) is 0 Å². The Hall–Kier alpha value is -1.65. The third-order valence-electron chi connectivity index (χ3n) is 3.37. The molecule has 0 fully saturated rings. The lowest BCUT2D eigenvalue weighted by Crippen LogP contribution is -2.23. The summed E-state index contributed by atoms with van der Waals surface area (Å²) in [5, 5.41) is 3.51. The molecule has 0 aliphatic heterocycles. The molecule has 112 valence electrons. The number of rotatable bonds is 6. The van der Waals surface area contributed by atoms with Gasteiger partial charge >= 0.3 is 0 Å². The smallest absolute Gasteiger partial charge is 0.175 e. The molecular formula is C17H21NO2S. The Labute approximate surface area is 126 Å². The molecule has 0 saturated carbocycles. The van der Waals surface area contributed by atoms with Crippen LogP contribution in [-0.2, 0) is 9.84 Å². The molecule has 1 unspecified atom stereocenters. The molecule has 3 nitrogen and oxygen atoms in total. The van der Waals surface area contributed by atoms with Crippen molar-refractivity contribution in [3.05, 3.63) is 65.7 Å². The Morgan fingerprint density at radius 2 is 1.52 bits per heavy atom. The van der Waals surface area contributed by atoms with E-state index in [0.717, 1.165) is 18.5 Å². The largest absolute Gasteiger partial charge is 0.306 e. The molecule has 0 radical (unpaired) electrons. The number of hydrogen-bond donors (Lipinski definition) is 1. The molecule has 2 aromatic rings. The molecular weight excluding hydrogens is 282 g/mol. The second kappa shape index (κ2) is 6.87. The summed E-state index contributed by atoms with van der Waals surface area (Å²) in [5.74, 6) is 0. The summed E-state index contributed by atoms with van der Waals surface area (Å²) in [7, 11) is -3.15. The van der Waals surface area contributed by atoms with E-state index in [0.29, 0.717) is 4.90 Å². The van der Waals surface area contributed by atoms with Gasteiger partial charge in [0.05, 0.1) is 10.9 Å². The summed E-state index contributed by atoms with van der Waals surface area (Å²) < 4.78 is 23.1. The van der Waals surface area contributed by atoms with Crippen LogP contribution in [0.4, 0.5) is 0 Å². The zero-order chi connectivity index (χ0) is 15.3. The average Bonchev–Trinajstić information content (AvgIpc) is 2.48. The second-order valence-electron chi connectivity index (χ2n) is 5.14. The van der Waals surface area contributed by atoms with E-state index in [2.05, 4.69) is 24.4 Å². The molecule has 1 atom stereocenters. The van der Waals surface area contributed by atoms with Crippen molar-refractivity contribution in [1.82, 2.24) is 5.32 Å². The highest BCUT2D eigenvalue weighted by molar-refractivity contribution is 7.90. The molecule has 2 aromatic carbocycles. The zero-order valence-electron chi connectivity index (χ0n) is 12.4. The molecule has 2 rings (SSSR count). The fourth-order valence-corrected chi connectivity index (χ4v) is 2.90. The standard InChI is InChI=1S/C17H21NO2S/c1-3-13-18-17(14-7-5-4-6-8-14)15-9-11-16(12-10-15)21(2,19)20/h4-12,17-18H,3,13H2,1-2H3. The molecule has 0 heterocycles. The van der Waals surface area contributed by atoms with E-state index in [1.807, 2.05) is 30.3 Å². The molecule has 0 spiro atoms. The Kier molecular flexibility index (Phi) is 5.15. The molecule has 0 aromatic heterocycles. The highest BCUT2D eigenvalue weighted by Gasteiger charge is 2.14. The third kappa shape index (κ3) is 4.16. The van der Waals surface area contributed by atoms with E-state index in [1.165, 1.54) is 11.8 Å². The molecule has 0 bridgehead atoms. The quantitative estimate of drug-likeness (QED) is 0.891. The Morgan fingerprint density at radius 1 is 0.952 bits per heavy atom. The maximum atomic E-state index is 11.5. The van der Waals surface area contributed by atoms with Crippen LogP contribution in [0.3, 0.4) is 0 Å². The molecule has 1 N–H and O–H groups in total. The monoisotopic (exact) mass is 303 g/mol. The van der Waals surface area contributed by atoms with Gasteiger partial charge in [0, 0.05) is 6.26 Å². The first kappa shape index (κ1) is 15.7. The Bertz CT molecular complexity index is 664. The van der Waals surface area contributed by atoms with Gasteiger partial charge in [-0.2, -0.15) is 0 Å². The first-order valence-electron chi connectivity index (χ1n) is 7.10. The maximum absolute atomic E-state index is 11.5. The molecule has 21 heavy (non-hydrogen) atoms. The van der Waals surface area contributed by atoms with Crippen molar-refractivity contribution in [3.63, 3.8) is 0 Å². The Morgan fingerprint density at radius 3 is 2.05 bits per heavy atom. The van der Waals surface area contributed by atoms with Gasteiger partial charge in [-0.3, -0.25) is 0 Å². The van der Waals surface area contributed by atoms with Crippen LogP contribution in [0.5, 0.6) is 0 Å². The van der Waals surface area contributed by atoms with Crippen LogP contribution in [0.15, 0.2) is 59.5 Å². The van der Waals surface area contributed by atoms with Crippen molar-refractivity contribution in [3.8, 4) is 0 Å². The van der Waals surface area contributed by atoms with Crippen LogP contribution >= 0.6 is 0 Å². The zero-order valence-corrected chi connectivity index (χ0v) is 13.2. The van der Waals surface area contributed by atoms with Gasteiger partial charge < -0.3 is 5.32 Å². The van der Waals surface area contributed by atoms with Crippen LogP contribution in [-0.4, -0.2) is 21.2 Å². The third-order valence-corrected chi connectivity index (χ3v) is 4.50. The van der Waals surface area contributed by atoms with E-state index in [9.17, 15) is 8.42 Å². The summed E-state index contributed by atoms with van der Waals surface area (Å²) in [5.41, 5.74) is 2.25. The van der Waals surface area contributed by atoms with E-state index in [1.54, 1.807) is 12.1 Å². The summed E-state index contributed by atoms with van der Waals surface area (Å²) in [4.78, 5) is 0.355. The van der Waals surface area contributed by atoms with Crippen LogP contribution in [0.2, 0.25) is 0 Å². The highest BCUT2D eigenvalue weighted by atomic mass is 32.2. The predicted molar refractivity (Wildman–Crippen MR) is 86.1 cm³/mol. The molecule has 0 aliphatic rings. The average molecular weight is 303 g/mol. The van der Waals surface area contributed by atoms with Gasteiger partial charge in [0.25, 0.3) is 0 Å². The lowest BCUT2D eigenvalue weighted by molar-refractivity contribution is 0.596. The van der Waals surface area contributed by atoms with Gasteiger partial charge in [0.2, 0.25) is 0 Å². The van der Waals surface area contributed by atoms with Crippen molar-refractivity contribution in [2.75, 3.05) is 12.8 Å². The lowest BCUT2D eigenvalue weighted by Gasteiger charge is -2.20. The molecule has 0 saturated heterocycles. The first-order chi connectivity index (χ1) is 10.0. The number of hydrogen-bond acceptors (Lipinski definition) is 3. The minimum absolute atomic E-state index is 0.0831. The number of nitrogens with one attached hydrogen (secondary N) is 1. The summed E-state index contributed by atoms with van der Waals surface area (Å²) in [6.07, 6.45) is 2.27. The topological polar surface area (TPSA) is 46.2 Å². The summed E-state index contributed by atoms with van der Waals surface area (Å²) in [6.45, 7) is 3.04. The first-order valence-corrected chi connectivity index (χ1v) is 9.00. The van der Waals surface area contributed by atoms with Crippen LogP contribution in [0.1, 0.15) is 30.5 Å². The Balaban J connectivity index is 2.33. The summed E-state index contributed by atoms with van der Waals surface area (Å²) in [6, 6.07) is 17.4. The van der Waals surface area contributed by atoms with Crippen molar-refractivity contribution >= 4 is 9.84 Å². The number of benzene rings is 2. The normalized spacial score (nSPS) is 13.0.